The summed E-state index contributed by atoms with van der Waals surface area (Å²) in [5, 5.41) is 0.975. The van der Waals surface area contributed by atoms with Gasteiger partial charge in [0.25, 0.3) is 0 Å². The second kappa shape index (κ2) is 4.06. The Morgan fingerprint density at radius 3 is 2.00 bits per heavy atom. The van der Waals surface area contributed by atoms with E-state index in [-0.39, 0.29) is 0 Å². The van der Waals surface area contributed by atoms with Crippen LogP contribution in [0, 0.1) is 0 Å². The molecule has 1 aromatic heterocycles. The van der Waals surface area contributed by atoms with Crippen LogP contribution in [0.4, 0.5) is 0 Å². The summed E-state index contributed by atoms with van der Waals surface area (Å²) < 4.78 is 17.9. The van der Waals surface area contributed by atoms with Gasteiger partial charge in [0.15, 0.2) is 0 Å². The summed E-state index contributed by atoms with van der Waals surface area (Å²) in [4.78, 5) is 0. The molecule has 0 saturated heterocycles. The molecule has 0 aliphatic rings. The Morgan fingerprint density at radius 1 is 1.15 bits per heavy atom. The van der Waals surface area contributed by atoms with E-state index in [2.05, 4.69) is 0 Å². The Bertz CT molecular complexity index is 262. The zero-order chi connectivity index (χ0) is 9.90. The van der Waals surface area contributed by atoms with E-state index < -0.39 is 8.80 Å². The van der Waals surface area contributed by atoms with E-state index >= 15 is 0 Å². The van der Waals surface area contributed by atoms with Gasteiger partial charge < -0.3 is 17.8 Å². The van der Waals surface area contributed by atoms with Gasteiger partial charge in [0.05, 0.1) is 0 Å². The van der Waals surface area contributed by atoms with Crippen LogP contribution in [-0.4, -0.2) is 34.7 Å². The quantitative estimate of drug-likeness (QED) is 0.648. The summed E-state index contributed by atoms with van der Waals surface area (Å²) in [6.07, 6.45) is 3.89. The SMILES string of the molecule is CO[Si](OC)(OC)c1ccn(C)c1. The predicted octanol–water partition coefficient (Wildman–Crippen LogP) is 0.110. The highest BCUT2D eigenvalue weighted by Gasteiger charge is 2.41. The average Bonchev–Trinajstić information content (AvgIpc) is 2.57. The Labute approximate surface area is 79.4 Å². The molecule has 0 spiro atoms. The van der Waals surface area contributed by atoms with E-state index in [0.29, 0.717) is 0 Å². The maximum absolute atomic E-state index is 5.32. The molecule has 0 unspecified atom stereocenters. The highest BCUT2D eigenvalue weighted by atomic mass is 28.4. The van der Waals surface area contributed by atoms with E-state index in [0.717, 1.165) is 5.19 Å². The van der Waals surface area contributed by atoms with Gasteiger partial charge in [0, 0.05) is 46.0 Å². The number of hydrogen-bond acceptors (Lipinski definition) is 3. The van der Waals surface area contributed by atoms with Crippen molar-refractivity contribution in [3.63, 3.8) is 0 Å². The van der Waals surface area contributed by atoms with Crippen molar-refractivity contribution in [2.45, 2.75) is 0 Å². The lowest BCUT2D eigenvalue weighted by atomic mass is 10.7. The van der Waals surface area contributed by atoms with Gasteiger partial charge in [-0.25, -0.2) is 0 Å². The third kappa shape index (κ3) is 1.83. The molecule has 4 nitrogen and oxygen atoms in total. The van der Waals surface area contributed by atoms with Gasteiger partial charge in [-0.3, -0.25) is 0 Å². The van der Waals surface area contributed by atoms with Gasteiger partial charge >= 0.3 is 8.80 Å². The van der Waals surface area contributed by atoms with Gasteiger partial charge in [-0.05, 0) is 6.07 Å². The molecule has 0 aromatic carbocycles. The van der Waals surface area contributed by atoms with Crippen molar-refractivity contribution in [3.05, 3.63) is 18.5 Å². The van der Waals surface area contributed by atoms with Crippen molar-refractivity contribution in [2.24, 2.45) is 7.05 Å². The van der Waals surface area contributed by atoms with Crippen LogP contribution in [0.15, 0.2) is 18.5 Å². The predicted molar refractivity (Wildman–Crippen MR) is 51.8 cm³/mol. The van der Waals surface area contributed by atoms with Crippen LogP contribution in [0.3, 0.4) is 0 Å². The number of aryl methyl sites for hydroxylation is 1. The lowest BCUT2D eigenvalue weighted by Crippen LogP contribution is -2.54. The molecule has 0 saturated carbocycles. The van der Waals surface area contributed by atoms with Crippen molar-refractivity contribution in [1.82, 2.24) is 4.57 Å². The van der Waals surface area contributed by atoms with Crippen molar-refractivity contribution >= 4 is 14.0 Å². The van der Waals surface area contributed by atoms with Crippen molar-refractivity contribution in [3.8, 4) is 0 Å². The zero-order valence-corrected chi connectivity index (χ0v) is 9.40. The van der Waals surface area contributed by atoms with Crippen molar-refractivity contribution < 1.29 is 13.3 Å². The standard InChI is InChI=1S/C8H15NO3Si/c1-9-6-5-8(7-9)13(10-2,11-3)12-4/h5-7H,1-4H3. The minimum Gasteiger partial charge on any atom is -0.373 e. The van der Waals surface area contributed by atoms with Gasteiger partial charge in [0.1, 0.15) is 0 Å². The molecular formula is C8H15NO3Si. The Morgan fingerprint density at radius 2 is 1.69 bits per heavy atom. The van der Waals surface area contributed by atoms with Crippen LogP contribution in [-0.2, 0) is 20.3 Å². The first kappa shape index (κ1) is 10.5. The van der Waals surface area contributed by atoms with E-state index in [1.54, 1.807) is 21.3 Å². The fourth-order valence-corrected chi connectivity index (χ4v) is 3.14. The minimum absolute atomic E-state index is 0.975. The third-order valence-electron chi connectivity index (χ3n) is 1.99. The number of hydrogen-bond donors (Lipinski definition) is 0. The fraction of sp³-hybridized carbons (Fsp3) is 0.500. The summed E-state index contributed by atoms with van der Waals surface area (Å²) in [5.41, 5.74) is 0. The molecule has 0 radical (unpaired) electrons. The maximum Gasteiger partial charge on any atom is 0.537 e. The lowest BCUT2D eigenvalue weighted by Gasteiger charge is -2.22. The highest BCUT2D eigenvalue weighted by Crippen LogP contribution is 2.06. The molecule has 0 N–H and O–H groups in total. The number of nitrogens with zero attached hydrogens (tertiary/aromatic N) is 1. The molecule has 1 aromatic rings. The molecule has 0 aliphatic heterocycles. The van der Waals surface area contributed by atoms with Crippen molar-refractivity contribution in [2.75, 3.05) is 21.3 Å². The largest absolute Gasteiger partial charge is 0.537 e. The van der Waals surface area contributed by atoms with Crippen molar-refractivity contribution in [1.29, 1.82) is 0 Å². The highest BCUT2D eigenvalue weighted by molar-refractivity contribution is 6.75. The molecule has 13 heavy (non-hydrogen) atoms. The molecule has 5 heteroatoms. The molecule has 0 fully saturated rings. The summed E-state index contributed by atoms with van der Waals surface area (Å²) in [5.74, 6) is 0. The first-order valence-electron chi connectivity index (χ1n) is 3.96. The van der Waals surface area contributed by atoms with Crippen LogP contribution < -0.4 is 5.19 Å². The molecular weight excluding hydrogens is 186 g/mol. The Balaban J connectivity index is 3.00. The molecule has 74 valence electrons. The van der Waals surface area contributed by atoms with Gasteiger partial charge in [-0.2, -0.15) is 0 Å². The van der Waals surface area contributed by atoms with Crippen LogP contribution in [0.1, 0.15) is 0 Å². The smallest absolute Gasteiger partial charge is 0.373 e. The summed E-state index contributed by atoms with van der Waals surface area (Å²) in [6, 6.07) is 1.95. The normalized spacial score (nSPS) is 12.0. The van der Waals surface area contributed by atoms with Gasteiger partial charge in [-0.1, -0.05) is 0 Å². The van der Waals surface area contributed by atoms with E-state index in [9.17, 15) is 0 Å². The monoisotopic (exact) mass is 201 g/mol. The second-order valence-corrected chi connectivity index (χ2v) is 5.65. The number of aromatic nitrogens is 1. The zero-order valence-electron chi connectivity index (χ0n) is 8.40. The first-order chi connectivity index (χ1) is 6.18. The molecule has 1 rings (SSSR count). The van der Waals surface area contributed by atoms with E-state index in [4.69, 9.17) is 13.3 Å². The van der Waals surface area contributed by atoms with Crippen LogP contribution in [0.25, 0.3) is 0 Å². The van der Waals surface area contributed by atoms with E-state index in [1.165, 1.54) is 0 Å². The molecule has 0 atom stereocenters. The topological polar surface area (TPSA) is 32.6 Å². The number of rotatable bonds is 4. The summed E-state index contributed by atoms with van der Waals surface area (Å²) in [7, 11) is 4.16. The maximum atomic E-state index is 5.32. The van der Waals surface area contributed by atoms with Crippen LogP contribution in [0.2, 0.25) is 0 Å². The minimum atomic E-state index is -2.59. The van der Waals surface area contributed by atoms with Gasteiger partial charge in [-0.15, -0.1) is 0 Å². The van der Waals surface area contributed by atoms with Gasteiger partial charge in [0.2, 0.25) is 0 Å². The Kier molecular flexibility index (Phi) is 3.26. The molecule has 1 heterocycles. The first-order valence-corrected chi connectivity index (χ1v) is 5.69. The lowest BCUT2D eigenvalue weighted by molar-refractivity contribution is 0.140. The molecule has 0 bridgehead atoms. The third-order valence-corrected chi connectivity index (χ3v) is 4.61. The van der Waals surface area contributed by atoms with Crippen LogP contribution in [0.5, 0.6) is 0 Å². The average molecular weight is 201 g/mol. The molecule has 0 amide bonds. The fourth-order valence-electron chi connectivity index (χ4n) is 1.29. The van der Waals surface area contributed by atoms with E-state index in [1.807, 2.05) is 30.1 Å². The summed E-state index contributed by atoms with van der Waals surface area (Å²) >= 11 is 0. The second-order valence-electron chi connectivity index (χ2n) is 2.73. The Hall–Kier alpha value is -0.623. The summed E-state index contributed by atoms with van der Waals surface area (Å²) in [6.45, 7) is 0. The molecule has 0 aliphatic carbocycles. The van der Waals surface area contributed by atoms with Crippen LogP contribution >= 0.6 is 0 Å².